The summed E-state index contributed by atoms with van der Waals surface area (Å²) in [6.07, 6.45) is 2.07. The molecule has 0 radical (unpaired) electrons. The number of carbonyl (C=O) groups excluding carboxylic acids is 1. The number of benzene rings is 1. The molecule has 0 aromatic heterocycles. The van der Waals surface area contributed by atoms with Crippen LogP contribution in [0.5, 0.6) is 5.75 Å². The van der Waals surface area contributed by atoms with Crippen molar-refractivity contribution in [3.63, 3.8) is 0 Å². The molecule has 1 unspecified atom stereocenters. The minimum absolute atomic E-state index is 0.137. The van der Waals surface area contributed by atoms with Crippen LogP contribution in [0.15, 0.2) is 22.7 Å². The van der Waals surface area contributed by atoms with Gasteiger partial charge < -0.3 is 15.8 Å². The van der Waals surface area contributed by atoms with Gasteiger partial charge in [-0.05, 0) is 59.8 Å². The van der Waals surface area contributed by atoms with Crippen molar-refractivity contribution in [3.8, 4) is 5.75 Å². The van der Waals surface area contributed by atoms with Crippen molar-refractivity contribution < 1.29 is 9.53 Å². The number of methoxy groups -OCH3 is 1. The van der Waals surface area contributed by atoms with Gasteiger partial charge in [-0.15, -0.1) is 0 Å². The molecule has 98 valence electrons. The fourth-order valence-corrected chi connectivity index (χ4v) is 2.42. The van der Waals surface area contributed by atoms with E-state index in [0.717, 1.165) is 23.1 Å². The number of nitrogens with one attached hydrogen (secondary N) is 1. The summed E-state index contributed by atoms with van der Waals surface area (Å²) in [5, 5.41) is 2.85. The number of ether oxygens (including phenoxy) is 1. The van der Waals surface area contributed by atoms with E-state index in [-0.39, 0.29) is 5.91 Å². The van der Waals surface area contributed by atoms with Crippen LogP contribution >= 0.6 is 15.9 Å². The van der Waals surface area contributed by atoms with Crippen LogP contribution in [0.4, 0.5) is 5.69 Å². The Bertz CT molecular complexity index is 470. The van der Waals surface area contributed by atoms with Gasteiger partial charge in [-0.25, -0.2) is 0 Å². The van der Waals surface area contributed by atoms with Crippen LogP contribution < -0.4 is 15.8 Å². The summed E-state index contributed by atoms with van der Waals surface area (Å²) in [6, 6.07) is 5.40. The Labute approximate surface area is 115 Å². The van der Waals surface area contributed by atoms with E-state index >= 15 is 0 Å². The summed E-state index contributed by atoms with van der Waals surface area (Å²) < 4.78 is 5.94. The quantitative estimate of drug-likeness (QED) is 0.898. The van der Waals surface area contributed by atoms with Gasteiger partial charge in [0.1, 0.15) is 5.75 Å². The lowest BCUT2D eigenvalue weighted by Gasteiger charge is -2.23. The van der Waals surface area contributed by atoms with Crippen LogP contribution in [0.1, 0.15) is 19.8 Å². The maximum Gasteiger partial charge on any atom is 0.244 e. The molecule has 1 atom stereocenters. The van der Waals surface area contributed by atoms with E-state index in [2.05, 4.69) is 21.2 Å². The van der Waals surface area contributed by atoms with Gasteiger partial charge in [0.15, 0.2) is 0 Å². The fourth-order valence-electron chi connectivity index (χ4n) is 1.88. The molecule has 0 saturated heterocycles. The second-order valence-electron chi connectivity index (χ2n) is 4.86. The molecule has 3 N–H and O–H groups in total. The van der Waals surface area contributed by atoms with Gasteiger partial charge in [-0.3, -0.25) is 4.79 Å². The average molecular weight is 313 g/mol. The first-order valence-electron chi connectivity index (χ1n) is 5.89. The Morgan fingerprint density at radius 3 is 2.72 bits per heavy atom. The van der Waals surface area contributed by atoms with E-state index in [9.17, 15) is 4.79 Å². The molecule has 0 spiro atoms. The number of anilines is 1. The smallest absolute Gasteiger partial charge is 0.244 e. The number of rotatable bonds is 4. The zero-order chi connectivity index (χ0) is 13.3. The molecule has 1 aliphatic carbocycles. The van der Waals surface area contributed by atoms with Crippen molar-refractivity contribution >= 4 is 27.5 Å². The average Bonchev–Trinajstić information content (AvgIpc) is 3.13. The van der Waals surface area contributed by atoms with E-state index in [1.54, 1.807) is 32.2 Å². The Hall–Kier alpha value is -1.07. The van der Waals surface area contributed by atoms with Crippen LogP contribution in [0, 0.1) is 5.92 Å². The third kappa shape index (κ3) is 2.67. The number of hydrogen-bond donors (Lipinski definition) is 2. The lowest BCUT2D eigenvalue weighted by molar-refractivity contribution is -0.121. The molecule has 1 aromatic carbocycles. The number of amides is 1. The monoisotopic (exact) mass is 312 g/mol. The number of halogens is 1. The number of hydrogen-bond acceptors (Lipinski definition) is 3. The van der Waals surface area contributed by atoms with E-state index < -0.39 is 5.54 Å². The Balaban J connectivity index is 2.09. The van der Waals surface area contributed by atoms with Gasteiger partial charge in [0.2, 0.25) is 5.91 Å². The van der Waals surface area contributed by atoms with Gasteiger partial charge in [0, 0.05) is 5.69 Å². The van der Waals surface area contributed by atoms with E-state index in [1.807, 2.05) is 0 Å². The van der Waals surface area contributed by atoms with Gasteiger partial charge in [0.05, 0.1) is 17.1 Å². The molecule has 0 aliphatic heterocycles. The first kappa shape index (κ1) is 13.4. The van der Waals surface area contributed by atoms with Crippen molar-refractivity contribution in [2.45, 2.75) is 25.3 Å². The molecule has 1 fully saturated rings. The van der Waals surface area contributed by atoms with Gasteiger partial charge in [-0.2, -0.15) is 0 Å². The first-order valence-corrected chi connectivity index (χ1v) is 6.68. The largest absolute Gasteiger partial charge is 0.496 e. The molecule has 2 rings (SSSR count). The van der Waals surface area contributed by atoms with E-state index in [1.165, 1.54) is 0 Å². The maximum atomic E-state index is 12.1. The van der Waals surface area contributed by atoms with Crippen molar-refractivity contribution in [2.24, 2.45) is 11.7 Å². The Morgan fingerprint density at radius 1 is 1.56 bits per heavy atom. The molecule has 5 heteroatoms. The van der Waals surface area contributed by atoms with Gasteiger partial charge in [-0.1, -0.05) is 0 Å². The molecule has 0 heterocycles. The lowest BCUT2D eigenvalue weighted by atomic mass is 9.96. The molecule has 1 aromatic rings. The van der Waals surface area contributed by atoms with E-state index in [4.69, 9.17) is 10.5 Å². The van der Waals surface area contributed by atoms with Crippen molar-refractivity contribution in [3.05, 3.63) is 22.7 Å². The highest BCUT2D eigenvalue weighted by Crippen LogP contribution is 2.38. The third-order valence-electron chi connectivity index (χ3n) is 3.32. The zero-order valence-electron chi connectivity index (χ0n) is 10.5. The highest BCUT2D eigenvalue weighted by Gasteiger charge is 2.44. The fraction of sp³-hybridized carbons (Fsp3) is 0.462. The van der Waals surface area contributed by atoms with Crippen molar-refractivity contribution in [1.82, 2.24) is 0 Å². The summed E-state index contributed by atoms with van der Waals surface area (Å²) >= 11 is 3.38. The molecule has 1 amide bonds. The summed E-state index contributed by atoms with van der Waals surface area (Å²) in [6.45, 7) is 1.79. The molecular formula is C13H17BrN2O2. The normalized spacial score (nSPS) is 18.0. The third-order valence-corrected chi connectivity index (χ3v) is 3.94. The summed E-state index contributed by atoms with van der Waals surface area (Å²) in [7, 11) is 1.60. The van der Waals surface area contributed by atoms with Gasteiger partial charge in [0.25, 0.3) is 0 Å². The predicted molar refractivity (Wildman–Crippen MR) is 74.6 cm³/mol. The van der Waals surface area contributed by atoms with E-state index in [0.29, 0.717) is 11.6 Å². The number of carbonyl (C=O) groups is 1. The molecule has 4 nitrogen and oxygen atoms in total. The summed E-state index contributed by atoms with van der Waals surface area (Å²) in [5.41, 5.74) is 5.99. The first-order chi connectivity index (χ1) is 8.45. The minimum Gasteiger partial charge on any atom is -0.496 e. The molecule has 18 heavy (non-hydrogen) atoms. The molecule has 1 aliphatic rings. The van der Waals surface area contributed by atoms with Crippen molar-refractivity contribution in [2.75, 3.05) is 12.4 Å². The zero-order valence-corrected chi connectivity index (χ0v) is 12.1. The van der Waals surface area contributed by atoms with Crippen LogP contribution in [-0.4, -0.2) is 18.6 Å². The maximum absolute atomic E-state index is 12.1. The Morgan fingerprint density at radius 2 is 2.22 bits per heavy atom. The van der Waals surface area contributed by atoms with Gasteiger partial charge >= 0.3 is 0 Å². The Kier molecular flexibility index (Phi) is 3.64. The highest BCUT2D eigenvalue weighted by atomic mass is 79.9. The SMILES string of the molecule is COc1ccc(NC(=O)C(C)(N)C2CC2)cc1Br. The molecular weight excluding hydrogens is 296 g/mol. The topological polar surface area (TPSA) is 64.3 Å². The summed E-state index contributed by atoms with van der Waals surface area (Å²) in [4.78, 5) is 12.1. The molecule has 0 bridgehead atoms. The minimum atomic E-state index is -0.785. The summed E-state index contributed by atoms with van der Waals surface area (Å²) in [5.74, 6) is 0.895. The van der Waals surface area contributed by atoms with Crippen LogP contribution in [0.3, 0.4) is 0 Å². The van der Waals surface area contributed by atoms with Crippen LogP contribution in [-0.2, 0) is 4.79 Å². The predicted octanol–water partition coefficient (Wildman–Crippen LogP) is 2.52. The lowest BCUT2D eigenvalue weighted by Crippen LogP contribution is -2.50. The second-order valence-corrected chi connectivity index (χ2v) is 5.71. The van der Waals surface area contributed by atoms with Crippen LogP contribution in [0.2, 0.25) is 0 Å². The van der Waals surface area contributed by atoms with Crippen LogP contribution in [0.25, 0.3) is 0 Å². The molecule has 1 saturated carbocycles. The second kappa shape index (κ2) is 4.90. The van der Waals surface area contributed by atoms with Crippen molar-refractivity contribution in [1.29, 1.82) is 0 Å². The highest BCUT2D eigenvalue weighted by molar-refractivity contribution is 9.10. The number of nitrogens with two attached hydrogens (primary N) is 1. The standard InChI is InChI=1S/C13H17BrN2O2/c1-13(15,8-3-4-8)12(17)16-9-5-6-11(18-2)10(14)7-9/h5-8H,3-4,15H2,1-2H3,(H,16,17).